The summed E-state index contributed by atoms with van der Waals surface area (Å²) < 4.78 is 50.6. The van der Waals surface area contributed by atoms with Gasteiger partial charge in [0, 0.05) is 15.8 Å². The van der Waals surface area contributed by atoms with Crippen molar-refractivity contribution >= 4 is 25.8 Å². The number of hydrazine groups is 1. The molecule has 1 atom stereocenters. The predicted octanol–water partition coefficient (Wildman–Crippen LogP) is 2.45. The van der Waals surface area contributed by atoms with Gasteiger partial charge in [-0.3, -0.25) is 11.3 Å². The monoisotopic (exact) mass is 370 g/mol. The Balaban J connectivity index is 2.82. The van der Waals surface area contributed by atoms with Gasteiger partial charge in [0.1, 0.15) is 21.5 Å². The van der Waals surface area contributed by atoms with Gasteiger partial charge in [0.15, 0.2) is 0 Å². The molecule has 1 aromatic rings. The lowest BCUT2D eigenvalue weighted by molar-refractivity contribution is 0.450. The summed E-state index contributed by atoms with van der Waals surface area (Å²) in [6, 6.07) is 1.52. The summed E-state index contributed by atoms with van der Waals surface area (Å²) in [5.41, 5.74) is 2.16. The molecule has 0 fully saturated rings. The maximum absolute atomic E-state index is 13.8. The number of nitrogens with one attached hydrogen (secondary N) is 1. The Labute approximate surface area is 125 Å². The minimum absolute atomic E-state index is 0.0263. The number of halogens is 3. The topological polar surface area (TPSA) is 72.2 Å². The Hall–Kier alpha value is -0.570. The van der Waals surface area contributed by atoms with Gasteiger partial charge < -0.3 is 0 Å². The van der Waals surface area contributed by atoms with Crippen molar-refractivity contribution in [3.05, 3.63) is 33.8 Å². The molecule has 8 heteroatoms. The van der Waals surface area contributed by atoms with Crippen LogP contribution in [0.4, 0.5) is 8.78 Å². The fourth-order valence-corrected chi connectivity index (χ4v) is 3.15. The van der Waals surface area contributed by atoms with Gasteiger partial charge in [-0.05, 0) is 25.0 Å². The van der Waals surface area contributed by atoms with E-state index in [0.717, 1.165) is 12.1 Å². The minimum Gasteiger partial charge on any atom is -0.271 e. The molecule has 0 spiro atoms. The van der Waals surface area contributed by atoms with Crippen molar-refractivity contribution in [2.45, 2.75) is 25.8 Å². The van der Waals surface area contributed by atoms with Crippen molar-refractivity contribution in [2.75, 3.05) is 11.5 Å². The number of hydrogen-bond donors (Lipinski definition) is 2. The lowest BCUT2D eigenvalue weighted by atomic mass is 10.0. The van der Waals surface area contributed by atoms with Crippen LogP contribution in [-0.2, 0) is 9.84 Å². The summed E-state index contributed by atoms with van der Waals surface area (Å²) in [5.74, 6) is 3.89. The molecule has 114 valence electrons. The first-order valence-electron chi connectivity index (χ1n) is 6.11. The molecular weight excluding hydrogens is 354 g/mol. The van der Waals surface area contributed by atoms with Gasteiger partial charge in [-0.25, -0.2) is 17.2 Å². The number of benzene rings is 1. The summed E-state index contributed by atoms with van der Waals surface area (Å²) in [5, 5.41) is 0. The molecule has 0 bridgehead atoms. The third-order valence-electron chi connectivity index (χ3n) is 2.98. The highest BCUT2D eigenvalue weighted by atomic mass is 79.9. The summed E-state index contributed by atoms with van der Waals surface area (Å²) >= 11 is 3.00. The second-order valence-corrected chi connectivity index (χ2v) is 7.77. The van der Waals surface area contributed by atoms with Crippen molar-refractivity contribution < 1.29 is 17.2 Å². The van der Waals surface area contributed by atoms with Crippen molar-refractivity contribution in [1.82, 2.24) is 5.43 Å². The zero-order valence-corrected chi connectivity index (χ0v) is 13.4. The van der Waals surface area contributed by atoms with Gasteiger partial charge in [0.25, 0.3) is 0 Å². The third kappa shape index (κ3) is 4.76. The van der Waals surface area contributed by atoms with E-state index in [1.807, 2.05) is 0 Å². The quantitative estimate of drug-likeness (QED) is 0.571. The summed E-state index contributed by atoms with van der Waals surface area (Å²) in [6.45, 7) is 1.56. The molecule has 3 N–H and O–H groups in total. The van der Waals surface area contributed by atoms with Crippen LogP contribution in [0.3, 0.4) is 0 Å². The molecule has 0 aliphatic rings. The molecule has 1 unspecified atom stereocenters. The Morgan fingerprint density at radius 2 is 1.90 bits per heavy atom. The summed E-state index contributed by atoms with van der Waals surface area (Å²) in [7, 11) is -3.10. The summed E-state index contributed by atoms with van der Waals surface area (Å²) in [4.78, 5) is 0. The normalized spacial score (nSPS) is 13.4. The van der Waals surface area contributed by atoms with Crippen LogP contribution in [0.5, 0.6) is 0 Å². The fraction of sp³-hybridized carbons (Fsp3) is 0.500. The first-order chi connectivity index (χ1) is 9.30. The molecule has 4 nitrogen and oxygen atoms in total. The van der Waals surface area contributed by atoms with Crippen molar-refractivity contribution in [3.63, 3.8) is 0 Å². The molecule has 20 heavy (non-hydrogen) atoms. The van der Waals surface area contributed by atoms with Crippen LogP contribution in [0, 0.1) is 11.6 Å². The van der Waals surface area contributed by atoms with Crippen LogP contribution in [-0.4, -0.2) is 19.9 Å². The molecule has 0 aliphatic carbocycles. The standard InChI is InChI=1S/C12H17BrF2N2O2S/c1-2-20(18,19)5-3-4-11(17-16)12-9(14)6-8(13)7-10(12)15/h6-7,11,17H,2-5,16H2,1H3. The van der Waals surface area contributed by atoms with Crippen molar-refractivity contribution in [3.8, 4) is 0 Å². The van der Waals surface area contributed by atoms with Crippen molar-refractivity contribution in [2.24, 2.45) is 5.84 Å². The summed E-state index contributed by atoms with van der Waals surface area (Å²) in [6.07, 6.45) is 0.505. The maximum atomic E-state index is 13.8. The van der Waals surface area contributed by atoms with Crippen LogP contribution >= 0.6 is 15.9 Å². The Kier molecular flexibility index (Phi) is 6.50. The van der Waals surface area contributed by atoms with E-state index in [4.69, 9.17) is 5.84 Å². The molecule has 0 aromatic heterocycles. The average molecular weight is 371 g/mol. The zero-order valence-electron chi connectivity index (χ0n) is 11.0. The number of nitrogens with two attached hydrogens (primary N) is 1. The SMILES string of the molecule is CCS(=O)(=O)CCCC(NN)c1c(F)cc(Br)cc1F. The smallest absolute Gasteiger partial charge is 0.150 e. The van der Waals surface area contributed by atoms with E-state index in [1.165, 1.54) is 0 Å². The molecule has 0 saturated heterocycles. The first kappa shape index (κ1) is 17.5. The van der Waals surface area contributed by atoms with Gasteiger partial charge in [0.05, 0.1) is 11.8 Å². The van der Waals surface area contributed by atoms with E-state index in [2.05, 4.69) is 21.4 Å². The fourth-order valence-electron chi connectivity index (χ4n) is 1.85. The highest BCUT2D eigenvalue weighted by Crippen LogP contribution is 2.27. The van der Waals surface area contributed by atoms with Crippen LogP contribution in [0.2, 0.25) is 0 Å². The van der Waals surface area contributed by atoms with E-state index in [0.29, 0.717) is 4.47 Å². The lowest BCUT2D eigenvalue weighted by Crippen LogP contribution is -2.30. The molecule has 0 saturated carbocycles. The van der Waals surface area contributed by atoms with Crippen LogP contribution < -0.4 is 11.3 Å². The van der Waals surface area contributed by atoms with E-state index in [-0.39, 0.29) is 29.9 Å². The molecule has 0 aliphatic heterocycles. The number of rotatable bonds is 7. The molecule has 1 aromatic carbocycles. The van der Waals surface area contributed by atoms with Gasteiger partial charge in [-0.15, -0.1) is 0 Å². The maximum Gasteiger partial charge on any atom is 0.150 e. The lowest BCUT2D eigenvalue weighted by Gasteiger charge is -2.18. The molecule has 1 rings (SSSR count). The Bertz CT molecular complexity index is 544. The average Bonchev–Trinajstić information content (AvgIpc) is 2.35. The van der Waals surface area contributed by atoms with E-state index in [1.54, 1.807) is 6.92 Å². The highest BCUT2D eigenvalue weighted by molar-refractivity contribution is 9.10. The van der Waals surface area contributed by atoms with Crippen LogP contribution in [0.1, 0.15) is 31.4 Å². The largest absolute Gasteiger partial charge is 0.271 e. The van der Waals surface area contributed by atoms with E-state index >= 15 is 0 Å². The minimum atomic E-state index is -3.10. The molecule has 0 heterocycles. The van der Waals surface area contributed by atoms with E-state index in [9.17, 15) is 17.2 Å². The Morgan fingerprint density at radius 3 is 2.35 bits per heavy atom. The van der Waals surface area contributed by atoms with Crippen LogP contribution in [0.25, 0.3) is 0 Å². The highest BCUT2D eigenvalue weighted by Gasteiger charge is 2.20. The third-order valence-corrected chi connectivity index (χ3v) is 5.23. The molecular formula is C12H17BrF2N2O2S. The Morgan fingerprint density at radius 1 is 1.35 bits per heavy atom. The molecule has 0 radical (unpaired) electrons. The first-order valence-corrected chi connectivity index (χ1v) is 8.73. The van der Waals surface area contributed by atoms with E-state index < -0.39 is 27.5 Å². The molecule has 0 amide bonds. The van der Waals surface area contributed by atoms with Gasteiger partial charge >= 0.3 is 0 Å². The van der Waals surface area contributed by atoms with Crippen molar-refractivity contribution in [1.29, 1.82) is 0 Å². The second-order valence-electron chi connectivity index (χ2n) is 4.38. The van der Waals surface area contributed by atoms with Gasteiger partial charge in [-0.2, -0.15) is 0 Å². The number of hydrogen-bond acceptors (Lipinski definition) is 4. The number of sulfone groups is 1. The second kappa shape index (κ2) is 7.44. The van der Waals surface area contributed by atoms with Gasteiger partial charge in [-0.1, -0.05) is 22.9 Å². The van der Waals surface area contributed by atoms with Gasteiger partial charge in [0.2, 0.25) is 0 Å². The predicted molar refractivity (Wildman–Crippen MR) is 77.7 cm³/mol. The van der Waals surface area contributed by atoms with Crippen LogP contribution in [0.15, 0.2) is 16.6 Å². The zero-order chi connectivity index (χ0) is 15.3.